The summed E-state index contributed by atoms with van der Waals surface area (Å²) in [7, 11) is 0. The van der Waals surface area contributed by atoms with Crippen molar-refractivity contribution in [3.63, 3.8) is 0 Å². The molecule has 13 heavy (non-hydrogen) atoms. The zero-order valence-corrected chi connectivity index (χ0v) is 6.82. The third-order valence-corrected chi connectivity index (χ3v) is 1.61. The summed E-state index contributed by atoms with van der Waals surface area (Å²) in [5.41, 5.74) is 4.19. The molecule has 0 saturated carbocycles. The van der Waals surface area contributed by atoms with Gasteiger partial charge in [0.2, 0.25) is 0 Å². The molecule has 1 aliphatic heterocycles. The first-order valence-electron chi connectivity index (χ1n) is 3.60. The maximum absolute atomic E-state index is 10.7. The molecule has 0 spiro atoms. The maximum atomic E-state index is 10.7. The highest BCUT2D eigenvalue weighted by atomic mass is 16.7. The van der Waals surface area contributed by atoms with E-state index < -0.39 is 17.8 Å². The highest BCUT2D eigenvalue weighted by Gasteiger charge is 2.37. The number of nitrogens with two attached hydrogens (primary N) is 2. The Balaban J connectivity index is 2.53. The highest BCUT2D eigenvalue weighted by Crippen LogP contribution is 2.19. The summed E-state index contributed by atoms with van der Waals surface area (Å²) in [6.45, 7) is 0.118. The molecule has 1 saturated heterocycles. The molecule has 7 nitrogen and oxygen atoms in total. The van der Waals surface area contributed by atoms with E-state index in [1.807, 2.05) is 0 Å². The van der Waals surface area contributed by atoms with Gasteiger partial charge in [-0.2, -0.15) is 5.90 Å². The molecule has 0 aromatic rings. The van der Waals surface area contributed by atoms with Crippen LogP contribution >= 0.6 is 0 Å². The molecular formula is C6H10N2O5. The average Bonchev–Trinajstić information content (AvgIpc) is 2.02. The Morgan fingerprint density at radius 1 is 1.69 bits per heavy atom. The minimum atomic E-state index is -1.36. The Labute approximate surface area is 73.9 Å². The Morgan fingerprint density at radius 2 is 2.38 bits per heavy atom. The van der Waals surface area contributed by atoms with Crippen molar-refractivity contribution < 1.29 is 23.9 Å². The van der Waals surface area contributed by atoms with Crippen molar-refractivity contribution in [1.29, 1.82) is 0 Å². The van der Waals surface area contributed by atoms with Crippen LogP contribution in [0.3, 0.4) is 0 Å². The molecule has 1 fully saturated rings. The van der Waals surface area contributed by atoms with Gasteiger partial charge in [0.15, 0.2) is 5.72 Å². The first-order valence-corrected chi connectivity index (χ1v) is 3.60. The molecular weight excluding hydrogens is 180 g/mol. The van der Waals surface area contributed by atoms with Crippen LogP contribution in [-0.4, -0.2) is 24.5 Å². The van der Waals surface area contributed by atoms with Gasteiger partial charge in [-0.15, -0.1) is 0 Å². The van der Waals surface area contributed by atoms with E-state index in [-0.39, 0.29) is 19.4 Å². The predicted octanol–water partition coefficient (Wildman–Crippen LogP) is -0.995. The molecule has 0 bridgehead atoms. The van der Waals surface area contributed by atoms with E-state index in [0.29, 0.717) is 0 Å². The number of hydrogen-bond acceptors (Lipinski definition) is 7. The molecule has 4 N–H and O–H groups in total. The third-order valence-electron chi connectivity index (χ3n) is 1.61. The maximum Gasteiger partial charge on any atom is 0.510 e. The van der Waals surface area contributed by atoms with Gasteiger partial charge in [0.1, 0.15) is 13.0 Å². The molecule has 0 radical (unpaired) electrons. The Morgan fingerprint density at radius 3 is 2.92 bits per heavy atom. The summed E-state index contributed by atoms with van der Waals surface area (Å²) in [4.78, 5) is 25.3. The van der Waals surface area contributed by atoms with Crippen LogP contribution in [0.15, 0.2) is 0 Å². The van der Waals surface area contributed by atoms with Crippen LogP contribution < -0.4 is 11.6 Å². The van der Waals surface area contributed by atoms with E-state index in [2.05, 4.69) is 20.2 Å². The number of carbonyl (C=O) groups is 2. The number of rotatable bonds is 2. The van der Waals surface area contributed by atoms with E-state index in [4.69, 9.17) is 5.73 Å². The fourth-order valence-corrected chi connectivity index (χ4v) is 0.964. The van der Waals surface area contributed by atoms with Crippen LogP contribution in [-0.2, 0) is 19.1 Å². The van der Waals surface area contributed by atoms with E-state index in [0.717, 1.165) is 0 Å². The van der Waals surface area contributed by atoms with Crippen LogP contribution in [0.4, 0.5) is 4.79 Å². The quantitative estimate of drug-likeness (QED) is 0.424. The predicted molar refractivity (Wildman–Crippen MR) is 38.9 cm³/mol. The molecule has 0 aliphatic carbocycles. The van der Waals surface area contributed by atoms with Crippen LogP contribution in [0, 0.1) is 0 Å². The van der Waals surface area contributed by atoms with Crippen molar-refractivity contribution >= 4 is 12.1 Å². The van der Waals surface area contributed by atoms with Gasteiger partial charge in [0, 0.05) is 6.42 Å². The molecule has 1 aliphatic rings. The van der Waals surface area contributed by atoms with Crippen LogP contribution in [0.5, 0.6) is 0 Å². The largest absolute Gasteiger partial charge is 0.510 e. The summed E-state index contributed by atoms with van der Waals surface area (Å²) >= 11 is 0. The van der Waals surface area contributed by atoms with Gasteiger partial charge in [-0.3, -0.25) is 10.5 Å². The van der Waals surface area contributed by atoms with Crippen LogP contribution in [0.2, 0.25) is 0 Å². The second-order valence-corrected chi connectivity index (χ2v) is 2.68. The summed E-state index contributed by atoms with van der Waals surface area (Å²) in [6.07, 6.45) is -0.939. The molecule has 1 heterocycles. The van der Waals surface area contributed by atoms with E-state index in [9.17, 15) is 9.59 Å². The molecule has 74 valence electrons. The summed E-state index contributed by atoms with van der Waals surface area (Å²) < 4.78 is 9.07. The molecule has 1 atom stereocenters. The van der Waals surface area contributed by atoms with Crippen molar-refractivity contribution in [3.05, 3.63) is 0 Å². The minimum absolute atomic E-state index is 0.118. The van der Waals surface area contributed by atoms with E-state index in [1.165, 1.54) is 0 Å². The van der Waals surface area contributed by atoms with Gasteiger partial charge in [0.25, 0.3) is 0 Å². The van der Waals surface area contributed by atoms with Gasteiger partial charge >= 0.3 is 12.1 Å². The standard InChI is InChI=1S/C6H10N2O5/c7-6(3-4(9)13-8)1-2-11-5(10)12-6/h1-3,7-8H2. The third kappa shape index (κ3) is 2.56. The molecule has 0 aromatic carbocycles. The van der Waals surface area contributed by atoms with Crippen LogP contribution in [0.25, 0.3) is 0 Å². The smallest absolute Gasteiger partial charge is 0.434 e. The molecule has 1 unspecified atom stereocenters. The monoisotopic (exact) mass is 190 g/mol. The summed E-state index contributed by atoms with van der Waals surface area (Å²) in [5, 5.41) is 0. The van der Waals surface area contributed by atoms with Gasteiger partial charge in [-0.05, 0) is 0 Å². The first-order chi connectivity index (χ1) is 6.06. The van der Waals surface area contributed by atoms with Gasteiger partial charge in [-0.25, -0.2) is 4.79 Å². The number of carbonyl (C=O) groups excluding carboxylic acids is 2. The minimum Gasteiger partial charge on any atom is -0.434 e. The average molecular weight is 190 g/mol. The fourth-order valence-electron chi connectivity index (χ4n) is 0.964. The summed E-state index contributed by atoms with van der Waals surface area (Å²) in [5.74, 6) is 3.87. The lowest BCUT2D eigenvalue weighted by atomic mass is 10.1. The Bertz CT molecular complexity index is 231. The lowest BCUT2D eigenvalue weighted by Crippen LogP contribution is -2.50. The second-order valence-electron chi connectivity index (χ2n) is 2.68. The second kappa shape index (κ2) is 3.58. The molecule has 7 heteroatoms. The topological polar surface area (TPSA) is 114 Å². The lowest BCUT2D eigenvalue weighted by molar-refractivity contribution is -0.154. The van der Waals surface area contributed by atoms with Crippen molar-refractivity contribution in [2.24, 2.45) is 11.6 Å². The van der Waals surface area contributed by atoms with Crippen molar-refractivity contribution in [2.45, 2.75) is 18.6 Å². The zero-order chi connectivity index (χ0) is 9.90. The first kappa shape index (κ1) is 9.75. The van der Waals surface area contributed by atoms with E-state index >= 15 is 0 Å². The highest BCUT2D eigenvalue weighted by molar-refractivity contribution is 5.71. The molecule has 1 rings (SSSR count). The number of cyclic esters (lactones) is 2. The van der Waals surface area contributed by atoms with Gasteiger partial charge in [-0.1, -0.05) is 0 Å². The Hall–Kier alpha value is -1.34. The Kier molecular flexibility index (Phi) is 2.69. The SMILES string of the molecule is NOC(=O)CC1(N)CCOC(=O)O1. The van der Waals surface area contributed by atoms with Crippen molar-refractivity contribution in [3.8, 4) is 0 Å². The summed E-state index contributed by atoms with van der Waals surface area (Å²) in [6, 6.07) is 0. The number of hydrogen-bond donors (Lipinski definition) is 2. The normalized spacial score (nSPS) is 27.4. The van der Waals surface area contributed by atoms with Crippen LogP contribution in [0.1, 0.15) is 12.8 Å². The van der Waals surface area contributed by atoms with Gasteiger partial charge < -0.3 is 14.3 Å². The van der Waals surface area contributed by atoms with Gasteiger partial charge in [0.05, 0.1) is 0 Å². The fraction of sp³-hybridized carbons (Fsp3) is 0.667. The lowest BCUT2D eigenvalue weighted by Gasteiger charge is -2.30. The molecule has 0 amide bonds. The van der Waals surface area contributed by atoms with Crippen molar-refractivity contribution in [2.75, 3.05) is 6.61 Å². The zero-order valence-electron chi connectivity index (χ0n) is 6.82. The molecule has 0 aromatic heterocycles. The van der Waals surface area contributed by atoms with Crippen molar-refractivity contribution in [1.82, 2.24) is 0 Å². The number of ether oxygens (including phenoxy) is 2. The van der Waals surface area contributed by atoms with E-state index in [1.54, 1.807) is 0 Å².